The van der Waals surface area contributed by atoms with Gasteiger partial charge in [0.2, 0.25) is 0 Å². The standard InChI is InChI=1S/C31H37N3O7S/c1-31(2,3)41-30(36)34-16-15-26(20-34)40-25-12-8-11-24(19-25)32-42(37,38)28-18-22(13-14-27(28)39-6)21-9-7-10-23(17-21)29(35)33(4)5/h7-14,17-19,26,32H,15-16,20H2,1-6H3/t26-/m0/s1. The summed E-state index contributed by atoms with van der Waals surface area (Å²) in [6, 6.07) is 18.5. The largest absolute Gasteiger partial charge is 0.495 e. The lowest BCUT2D eigenvalue weighted by Gasteiger charge is -2.24. The third-order valence-electron chi connectivity index (χ3n) is 6.49. The number of benzene rings is 3. The van der Waals surface area contributed by atoms with E-state index >= 15 is 0 Å². The van der Waals surface area contributed by atoms with Gasteiger partial charge in [-0.05, 0) is 68.3 Å². The lowest BCUT2D eigenvalue weighted by molar-refractivity contribution is 0.0275. The molecule has 11 heteroatoms. The number of nitrogens with zero attached hydrogens (tertiary/aromatic N) is 2. The van der Waals surface area contributed by atoms with Gasteiger partial charge < -0.3 is 24.0 Å². The number of ether oxygens (including phenoxy) is 3. The molecule has 1 atom stereocenters. The SMILES string of the molecule is COc1ccc(-c2cccc(C(=O)N(C)C)c2)cc1S(=O)(=O)Nc1cccc(O[C@H]2CCN(C(=O)OC(C)(C)C)C2)c1. The van der Waals surface area contributed by atoms with Crippen molar-refractivity contribution in [2.24, 2.45) is 0 Å². The van der Waals surface area contributed by atoms with Crippen LogP contribution in [-0.4, -0.2) is 76.2 Å². The van der Waals surface area contributed by atoms with Gasteiger partial charge in [0.15, 0.2) is 0 Å². The summed E-state index contributed by atoms with van der Waals surface area (Å²) in [6.07, 6.45) is -0.0147. The molecule has 42 heavy (non-hydrogen) atoms. The number of anilines is 1. The maximum atomic E-state index is 13.6. The van der Waals surface area contributed by atoms with E-state index in [0.717, 1.165) is 0 Å². The molecule has 10 nitrogen and oxygen atoms in total. The van der Waals surface area contributed by atoms with Crippen molar-refractivity contribution < 1.29 is 32.2 Å². The number of carbonyl (C=O) groups excluding carboxylic acids is 2. The predicted molar refractivity (Wildman–Crippen MR) is 161 cm³/mol. The number of hydrogen-bond acceptors (Lipinski definition) is 7. The molecule has 1 aliphatic heterocycles. The van der Waals surface area contributed by atoms with E-state index in [2.05, 4.69) is 4.72 Å². The Kier molecular flexibility index (Phi) is 9.00. The van der Waals surface area contributed by atoms with Crippen molar-refractivity contribution in [2.45, 2.75) is 43.8 Å². The van der Waals surface area contributed by atoms with E-state index in [0.29, 0.717) is 47.6 Å². The Morgan fingerprint density at radius 3 is 2.38 bits per heavy atom. The first-order chi connectivity index (χ1) is 19.8. The minimum absolute atomic E-state index is 0.0537. The Bertz CT molecular complexity index is 1560. The summed E-state index contributed by atoms with van der Waals surface area (Å²) in [5.74, 6) is 0.485. The molecule has 0 radical (unpaired) electrons. The van der Waals surface area contributed by atoms with Crippen LogP contribution in [0.4, 0.5) is 10.5 Å². The molecule has 0 aromatic heterocycles. The second-order valence-electron chi connectivity index (χ2n) is 11.2. The third kappa shape index (κ3) is 7.52. The smallest absolute Gasteiger partial charge is 0.410 e. The molecular formula is C31H37N3O7S. The lowest BCUT2D eigenvalue weighted by atomic mass is 10.0. The molecule has 224 valence electrons. The minimum atomic E-state index is -4.08. The summed E-state index contributed by atoms with van der Waals surface area (Å²) < 4.78 is 46.6. The molecule has 4 rings (SSSR count). The van der Waals surface area contributed by atoms with Crippen LogP contribution in [-0.2, 0) is 14.8 Å². The molecule has 3 aromatic rings. The highest BCUT2D eigenvalue weighted by atomic mass is 32.2. The van der Waals surface area contributed by atoms with Crippen molar-refractivity contribution in [3.05, 3.63) is 72.3 Å². The number of hydrogen-bond donors (Lipinski definition) is 1. The zero-order valence-electron chi connectivity index (χ0n) is 24.7. The summed E-state index contributed by atoms with van der Waals surface area (Å²) in [5.41, 5.74) is 1.51. The summed E-state index contributed by atoms with van der Waals surface area (Å²) >= 11 is 0. The molecule has 1 N–H and O–H groups in total. The van der Waals surface area contributed by atoms with Crippen LogP contribution in [0.2, 0.25) is 0 Å². The molecule has 0 spiro atoms. The average molecular weight is 596 g/mol. The summed E-state index contributed by atoms with van der Waals surface area (Å²) in [6.45, 7) is 6.34. The maximum Gasteiger partial charge on any atom is 0.410 e. The first kappa shape index (κ1) is 30.7. The number of rotatable bonds is 8. The first-order valence-corrected chi connectivity index (χ1v) is 15.0. The van der Waals surface area contributed by atoms with E-state index in [1.54, 1.807) is 73.6 Å². The number of methoxy groups -OCH3 is 1. The Labute approximate surface area is 247 Å². The van der Waals surface area contributed by atoms with Crippen molar-refractivity contribution in [1.82, 2.24) is 9.80 Å². The number of sulfonamides is 1. The van der Waals surface area contributed by atoms with Crippen LogP contribution in [0.3, 0.4) is 0 Å². The van der Waals surface area contributed by atoms with E-state index in [4.69, 9.17) is 14.2 Å². The second-order valence-corrected chi connectivity index (χ2v) is 12.9. The van der Waals surface area contributed by atoms with Gasteiger partial charge in [0.05, 0.1) is 19.3 Å². The Morgan fingerprint density at radius 1 is 0.976 bits per heavy atom. The normalized spacial score (nSPS) is 15.2. The number of nitrogens with one attached hydrogen (secondary N) is 1. The topological polar surface area (TPSA) is 114 Å². The van der Waals surface area contributed by atoms with Crippen molar-refractivity contribution in [1.29, 1.82) is 0 Å². The number of carbonyl (C=O) groups is 2. The lowest BCUT2D eigenvalue weighted by Crippen LogP contribution is -2.36. The van der Waals surface area contributed by atoms with Crippen LogP contribution in [0.5, 0.6) is 11.5 Å². The van der Waals surface area contributed by atoms with Gasteiger partial charge in [-0.3, -0.25) is 9.52 Å². The molecule has 0 aliphatic carbocycles. The van der Waals surface area contributed by atoms with Gasteiger partial charge in [0.1, 0.15) is 28.1 Å². The summed E-state index contributed by atoms with van der Waals surface area (Å²) in [7, 11) is 0.664. The molecule has 2 amide bonds. The van der Waals surface area contributed by atoms with Crippen molar-refractivity contribution >= 4 is 27.7 Å². The quantitative estimate of drug-likeness (QED) is 0.378. The second kappa shape index (κ2) is 12.3. The molecule has 0 saturated carbocycles. The monoisotopic (exact) mass is 595 g/mol. The summed E-state index contributed by atoms with van der Waals surface area (Å²) in [4.78, 5) is 27.9. The summed E-state index contributed by atoms with van der Waals surface area (Å²) in [5, 5.41) is 0. The van der Waals surface area contributed by atoms with Crippen molar-refractivity contribution in [3.8, 4) is 22.6 Å². The Balaban J connectivity index is 1.52. The van der Waals surface area contributed by atoms with E-state index in [1.807, 2.05) is 26.8 Å². The van der Waals surface area contributed by atoms with E-state index in [-0.39, 0.29) is 28.7 Å². The molecule has 3 aromatic carbocycles. The van der Waals surface area contributed by atoms with Gasteiger partial charge in [-0.1, -0.05) is 24.3 Å². The van der Waals surface area contributed by atoms with E-state index in [1.165, 1.54) is 18.1 Å². The highest BCUT2D eigenvalue weighted by Gasteiger charge is 2.31. The Hall–Kier alpha value is -4.25. The van der Waals surface area contributed by atoms with Crippen LogP contribution in [0.1, 0.15) is 37.6 Å². The highest BCUT2D eigenvalue weighted by molar-refractivity contribution is 7.92. The average Bonchev–Trinajstić information content (AvgIpc) is 3.40. The van der Waals surface area contributed by atoms with Gasteiger partial charge >= 0.3 is 6.09 Å². The molecule has 1 saturated heterocycles. The van der Waals surface area contributed by atoms with Crippen molar-refractivity contribution in [2.75, 3.05) is 39.0 Å². The minimum Gasteiger partial charge on any atom is -0.495 e. The van der Waals surface area contributed by atoms with Crippen LogP contribution < -0.4 is 14.2 Å². The van der Waals surface area contributed by atoms with Crippen LogP contribution >= 0.6 is 0 Å². The molecule has 0 unspecified atom stereocenters. The molecule has 1 aliphatic rings. The molecular weight excluding hydrogens is 558 g/mol. The van der Waals surface area contributed by atoms with E-state index < -0.39 is 15.6 Å². The van der Waals surface area contributed by atoms with Crippen LogP contribution in [0.25, 0.3) is 11.1 Å². The van der Waals surface area contributed by atoms with Gasteiger partial charge in [0, 0.05) is 38.7 Å². The first-order valence-electron chi connectivity index (χ1n) is 13.5. The predicted octanol–water partition coefficient (Wildman–Crippen LogP) is 5.25. The highest BCUT2D eigenvalue weighted by Crippen LogP contribution is 2.32. The van der Waals surface area contributed by atoms with Gasteiger partial charge in [-0.15, -0.1) is 0 Å². The van der Waals surface area contributed by atoms with Crippen molar-refractivity contribution in [3.63, 3.8) is 0 Å². The van der Waals surface area contributed by atoms with Gasteiger partial charge in [0.25, 0.3) is 15.9 Å². The zero-order chi connectivity index (χ0) is 30.7. The third-order valence-corrected chi connectivity index (χ3v) is 7.89. The maximum absolute atomic E-state index is 13.6. The Morgan fingerprint density at radius 2 is 1.69 bits per heavy atom. The van der Waals surface area contributed by atoms with Crippen LogP contribution in [0.15, 0.2) is 71.6 Å². The van der Waals surface area contributed by atoms with Gasteiger partial charge in [-0.25, -0.2) is 13.2 Å². The van der Waals surface area contributed by atoms with Crippen LogP contribution in [0, 0.1) is 0 Å². The zero-order valence-corrected chi connectivity index (χ0v) is 25.5. The molecule has 0 bridgehead atoms. The number of likely N-dealkylation sites (tertiary alicyclic amines) is 1. The number of amides is 2. The fraction of sp³-hybridized carbons (Fsp3) is 0.355. The van der Waals surface area contributed by atoms with E-state index in [9.17, 15) is 18.0 Å². The fourth-order valence-electron chi connectivity index (χ4n) is 4.51. The molecule has 1 heterocycles. The van der Waals surface area contributed by atoms with Gasteiger partial charge in [-0.2, -0.15) is 0 Å². The fourth-order valence-corrected chi connectivity index (χ4v) is 5.75. The molecule has 1 fully saturated rings.